The number of benzene rings is 2. The van der Waals surface area contributed by atoms with Crippen LogP contribution in [0.5, 0.6) is 0 Å². The van der Waals surface area contributed by atoms with Crippen LogP contribution in [0.2, 0.25) is 0 Å². The van der Waals surface area contributed by atoms with E-state index >= 15 is 0 Å². The third-order valence-corrected chi connectivity index (χ3v) is 5.12. The number of esters is 1. The van der Waals surface area contributed by atoms with E-state index in [0.717, 1.165) is 22.9 Å². The first-order valence-corrected chi connectivity index (χ1v) is 9.62. The van der Waals surface area contributed by atoms with E-state index in [1.807, 2.05) is 32.0 Å². The average molecular weight is 396 g/mol. The van der Waals surface area contributed by atoms with Crippen molar-refractivity contribution >= 4 is 40.2 Å². The highest BCUT2D eigenvalue weighted by atomic mass is 32.2. The Morgan fingerprint density at radius 1 is 1.11 bits per heavy atom. The van der Waals surface area contributed by atoms with E-state index in [4.69, 9.17) is 4.74 Å². The number of aryl methyl sites for hydroxylation is 2. The van der Waals surface area contributed by atoms with Gasteiger partial charge in [-0.25, -0.2) is 4.79 Å². The normalized spacial score (nSPS) is 10.7. The van der Waals surface area contributed by atoms with Crippen molar-refractivity contribution in [1.29, 1.82) is 0 Å². The lowest BCUT2D eigenvalue weighted by Gasteiger charge is -2.10. The van der Waals surface area contributed by atoms with E-state index in [2.05, 4.69) is 10.3 Å². The van der Waals surface area contributed by atoms with Crippen LogP contribution in [0, 0.1) is 13.8 Å². The van der Waals surface area contributed by atoms with Crippen molar-refractivity contribution in [2.45, 2.75) is 18.9 Å². The number of amides is 1. The van der Waals surface area contributed by atoms with Gasteiger partial charge in [0, 0.05) is 11.1 Å². The fourth-order valence-electron chi connectivity index (χ4n) is 2.99. The summed E-state index contributed by atoms with van der Waals surface area (Å²) in [5, 5.41) is 3.55. The van der Waals surface area contributed by atoms with Crippen LogP contribution in [-0.4, -0.2) is 29.7 Å². The van der Waals surface area contributed by atoms with Gasteiger partial charge in [-0.1, -0.05) is 30.0 Å². The number of anilines is 1. The number of aromatic nitrogens is 1. The average Bonchev–Trinajstić information content (AvgIpc) is 2.65. The molecule has 3 rings (SSSR count). The molecule has 3 aromatic rings. The highest BCUT2D eigenvalue weighted by Gasteiger charge is 2.20. The Bertz CT molecular complexity index is 1100. The molecule has 2 aromatic carbocycles. The van der Waals surface area contributed by atoms with Gasteiger partial charge >= 0.3 is 5.97 Å². The molecule has 0 bridgehead atoms. The van der Waals surface area contributed by atoms with Crippen LogP contribution in [0.15, 0.2) is 52.3 Å². The van der Waals surface area contributed by atoms with E-state index in [1.54, 1.807) is 24.3 Å². The Morgan fingerprint density at radius 2 is 1.79 bits per heavy atom. The number of rotatable bonds is 5. The number of methoxy groups -OCH3 is 1. The Labute approximate surface area is 166 Å². The van der Waals surface area contributed by atoms with Crippen LogP contribution < -0.4 is 10.7 Å². The monoisotopic (exact) mass is 396 g/mol. The standard InChI is InChI=1S/C21H20N2O4S/c1-12-8-13(2)10-14(9-12)22-17(24)11-28-20-18(21(26)27-3)19(25)15-6-4-5-7-16(15)23-20/h4-10H,11H2,1-3H3,(H,22,24)(H,23,25). The molecule has 0 unspecified atom stereocenters. The summed E-state index contributed by atoms with van der Waals surface area (Å²) >= 11 is 1.09. The molecule has 0 fully saturated rings. The molecular formula is C21H20N2O4S. The first-order chi connectivity index (χ1) is 13.4. The predicted molar refractivity (Wildman–Crippen MR) is 111 cm³/mol. The zero-order valence-electron chi connectivity index (χ0n) is 15.8. The van der Waals surface area contributed by atoms with Crippen molar-refractivity contribution in [3.63, 3.8) is 0 Å². The number of para-hydroxylation sites is 1. The van der Waals surface area contributed by atoms with Crippen LogP contribution >= 0.6 is 11.8 Å². The number of nitrogens with one attached hydrogen (secondary N) is 2. The van der Waals surface area contributed by atoms with E-state index in [-0.39, 0.29) is 17.2 Å². The number of thioether (sulfide) groups is 1. The summed E-state index contributed by atoms with van der Waals surface area (Å²) in [6.07, 6.45) is 0. The quantitative estimate of drug-likeness (QED) is 0.508. The van der Waals surface area contributed by atoms with Gasteiger partial charge in [-0.3, -0.25) is 9.59 Å². The predicted octanol–water partition coefficient (Wildman–Crippen LogP) is 3.66. The molecule has 0 aliphatic heterocycles. The van der Waals surface area contributed by atoms with Crippen LogP contribution in [0.3, 0.4) is 0 Å². The lowest BCUT2D eigenvalue weighted by Crippen LogP contribution is -2.20. The summed E-state index contributed by atoms with van der Waals surface area (Å²) in [5.74, 6) is -0.935. The van der Waals surface area contributed by atoms with Gasteiger partial charge in [0.05, 0.1) is 23.4 Å². The fourth-order valence-corrected chi connectivity index (χ4v) is 3.84. The Balaban J connectivity index is 1.86. The second kappa shape index (κ2) is 8.31. The molecule has 0 radical (unpaired) electrons. The van der Waals surface area contributed by atoms with E-state index in [0.29, 0.717) is 21.6 Å². The van der Waals surface area contributed by atoms with Gasteiger partial charge in [-0.05, 0) is 49.2 Å². The summed E-state index contributed by atoms with van der Waals surface area (Å²) in [4.78, 5) is 40.3. The summed E-state index contributed by atoms with van der Waals surface area (Å²) < 4.78 is 4.76. The molecule has 28 heavy (non-hydrogen) atoms. The molecule has 144 valence electrons. The highest BCUT2D eigenvalue weighted by Crippen LogP contribution is 2.23. The molecule has 0 atom stereocenters. The van der Waals surface area contributed by atoms with E-state index in [9.17, 15) is 14.4 Å². The van der Waals surface area contributed by atoms with Crippen molar-refractivity contribution in [2.75, 3.05) is 18.2 Å². The molecule has 7 heteroatoms. The number of ether oxygens (including phenoxy) is 1. The summed E-state index contributed by atoms with van der Waals surface area (Å²) in [6.45, 7) is 3.92. The topological polar surface area (TPSA) is 88.3 Å². The number of hydrogen-bond acceptors (Lipinski definition) is 5. The summed E-state index contributed by atoms with van der Waals surface area (Å²) in [6, 6.07) is 12.7. The van der Waals surface area contributed by atoms with Crippen molar-refractivity contribution in [2.24, 2.45) is 0 Å². The van der Waals surface area contributed by atoms with Gasteiger partial charge in [-0.15, -0.1) is 0 Å². The molecule has 6 nitrogen and oxygen atoms in total. The Morgan fingerprint density at radius 3 is 2.46 bits per heavy atom. The number of hydrogen-bond donors (Lipinski definition) is 2. The van der Waals surface area contributed by atoms with E-state index < -0.39 is 11.4 Å². The van der Waals surface area contributed by atoms with E-state index in [1.165, 1.54) is 7.11 Å². The molecule has 2 N–H and O–H groups in total. The van der Waals surface area contributed by atoms with Gasteiger partial charge in [0.2, 0.25) is 11.3 Å². The number of aromatic amines is 1. The zero-order valence-corrected chi connectivity index (χ0v) is 16.6. The number of carbonyl (C=O) groups excluding carboxylic acids is 2. The first-order valence-electron chi connectivity index (χ1n) is 8.63. The minimum atomic E-state index is -0.732. The van der Waals surface area contributed by atoms with Gasteiger partial charge < -0.3 is 15.0 Å². The molecule has 1 amide bonds. The number of fused-ring (bicyclic) bond motifs is 1. The van der Waals surface area contributed by atoms with Gasteiger partial charge in [-0.2, -0.15) is 0 Å². The van der Waals surface area contributed by atoms with Gasteiger partial charge in [0.25, 0.3) is 0 Å². The first kappa shape index (κ1) is 19.7. The van der Waals surface area contributed by atoms with Gasteiger partial charge in [0.1, 0.15) is 5.56 Å². The zero-order chi connectivity index (χ0) is 20.3. The molecule has 1 aromatic heterocycles. The molecule has 0 spiro atoms. The van der Waals surface area contributed by atoms with Crippen LogP contribution in [0.25, 0.3) is 10.9 Å². The molecular weight excluding hydrogens is 376 g/mol. The largest absolute Gasteiger partial charge is 0.465 e. The summed E-state index contributed by atoms with van der Waals surface area (Å²) in [5.41, 5.74) is 2.90. The second-order valence-corrected chi connectivity index (χ2v) is 7.39. The maximum Gasteiger partial charge on any atom is 0.344 e. The SMILES string of the molecule is COC(=O)c1c(SCC(=O)Nc2cc(C)cc(C)c2)[nH]c2ccccc2c1=O. The van der Waals surface area contributed by atoms with Crippen molar-refractivity contribution in [1.82, 2.24) is 4.98 Å². The molecule has 0 aliphatic carbocycles. The van der Waals surface area contributed by atoms with Crippen LogP contribution in [0.4, 0.5) is 5.69 Å². The van der Waals surface area contributed by atoms with Crippen molar-refractivity contribution < 1.29 is 14.3 Å². The maximum absolute atomic E-state index is 12.7. The number of H-pyrrole nitrogens is 1. The third kappa shape index (κ3) is 4.26. The summed E-state index contributed by atoms with van der Waals surface area (Å²) in [7, 11) is 1.22. The lowest BCUT2D eigenvalue weighted by atomic mass is 10.1. The molecule has 0 aliphatic rings. The molecule has 1 heterocycles. The minimum Gasteiger partial charge on any atom is -0.465 e. The fraction of sp³-hybridized carbons (Fsp3) is 0.190. The number of pyridine rings is 1. The Hall–Kier alpha value is -3.06. The van der Waals surface area contributed by atoms with Crippen LogP contribution in [0.1, 0.15) is 21.5 Å². The molecule has 0 saturated heterocycles. The lowest BCUT2D eigenvalue weighted by molar-refractivity contribution is -0.113. The number of carbonyl (C=O) groups is 2. The second-order valence-electron chi connectivity index (χ2n) is 6.41. The van der Waals surface area contributed by atoms with Crippen molar-refractivity contribution in [3.05, 3.63) is 69.4 Å². The Kier molecular flexibility index (Phi) is 5.84. The third-order valence-electron chi connectivity index (χ3n) is 4.12. The van der Waals surface area contributed by atoms with Gasteiger partial charge in [0.15, 0.2) is 0 Å². The minimum absolute atomic E-state index is 0.0330. The maximum atomic E-state index is 12.7. The van der Waals surface area contributed by atoms with Crippen molar-refractivity contribution in [3.8, 4) is 0 Å². The smallest absolute Gasteiger partial charge is 0.344 e. The van der Waals surface area contributed by atoms with Crippen LogP contribution in [-0.2, 0) is 9.53 Å². The molecule has 0 saturated carbocycles. The highest BCUT2D eigenvalue weighted by molar-refractivity contribution is 8.00.